The fourth-order valence-electron chi connectivity index (χ4n) is 4.29. The molecule has 0 aliphatic carbocycles. The average molecular weight is 609 g/mol. The van der Waals surface area contributed by atoms with Crippen molar-refractivity contribution < 1.29 is 40.3 Å². The molecule has 16 heteroatoms. The van der Waals surface area contributed by atoms with Crippen LogP contribution in [0.2, 0.25) is 0 Å². The SMILES string of the molecule is Cc1nsc(NC2=NCC(C(F)(F)F)N=C2)c1C(=O)Nc1ccc(F)c(OCC2CCN(CCC(F)(F)F)CC2)c1. The number of ether oxygens (including phenoxy) is 1. The minimum atomic E-state index is -4.51. The van der Waals surface area contributed by atoms with Gasteiger partial charge in [-0.25, -0.2) is 4.39 Å². The fourth-order valence-corrected chi connectivity index (χ4v) is 5.09. The smallest absolute Gasteiger partial charge is 0.412 e. The highest BCUT2D eigenvalue weighted by atomic mass is 32.1. The quantitative estimate of drug-likeness (QED) is 0.375. The van der Waals surface area contributed by atoms with Crippen molar-refractivity contribution in [2.45, 2.75) is 44.6 Å². The maximum Gasteiger partial charge on any atom is 0.412 e. The Bertz CT molecular complexity index is 1290. The zero-order valence-electron chi connectivity index (χ0n) is 21.8. The highest BCUT2D eigenvalue weighted by molar-refractivity contribution is 7.11. The van der Waals surface area contributed by atoms with Crippen LogP contribution in [0.4, 0.5) is 41.4 Å². The maximum atomic E-state index is 14.4. The van der Waals surface area contributed by atoms with Gasteiger partial charge in [0.25, 0.3) is 5.91 Å². The molecular weight excluding hydrogens is 581 g/mol. The standard InChI is InChI=1S/C25H27F7N6O2S/c1-14-21(23(41-37-14)36-20-12-33-19(11-34-20)25(30,31)32)22(39)35-16-2-3-17(26)18(10-16)40-13-15-4-7-38(8-5-15)9-6-24(27,28)29/h2-3,10,12,15,19H,4-9,11,13H2,1H3,(H,34,36)(H,35,39). The first-order valence-electron chi connectivity index (χ1n) is 12.7. The number of aryl methyl sites for hydroxylation is 1. The molecule has 8 nitrogen and oxygen atoms in total. The number of alkyl halides is 6. The average Bonchev–Trinajstić information content (AvgIpc) is 3.27. The van der Waals surface area contributed by atoms with Gasteiger partial charge in [0.2, 0.25) is 0 Å². The zero-order chi connectivity index (χ0) is 29.8. The predicted octanol–water partition coefficient (Wildman–Crippen LogP) is 5.71. The summed E-state index contributed by atoms with van der Waals surface area (Å²) >= 11 is 0.918. The van der Waals surface area contributed by atoms with E-state index in [1.807, 2.05) is 0 Å². The molecule has 0 spiro atoms. The fraction of sp³-hybridized carbons (Fsp3) is 0.520. The van der Waals surface area contributed by atoms with E-state index in [0.717, 1.165) is 23.8 Å². The summed E-state index contributed by atoms with van der Waals surface area (Å²) in [7, 11) is 0. The Hall–Kier alpha value is -3.27. The number of anilines is 2. The second-order valence-corrected chi connectivity index (χ2v) is 10.5. The third-order valence-electron chi connectivity index (χ3n) is 6.60. The number of halogens is 7. The van der Waals surface area contributed by atoms with Gasteiger partial charge in [-0.15, -0.1) is 0 Å². The maximum absolute atomic E-state index is 14.4. The largest absolute Gasteiger partial charge is 0.490 e. The van der Waals surface area contributed by atoms with Crippen molar-refractivity contribution in [2.24, 2.45) is 15.9 Å². The van der Waals surface area contributed by atoms with Crippen molar-refractivity contribution in [3.8, 4) is 5.75 Å². The number of carbonyl (C=O) groups is 1. The minimum Gasteiger partial charge on any atom is -0.490 e. The summed E-state index contributed by atoms with van der Waals surface area (Å²) in [5.41, 5.74) is 0.722. The molecule has 3 heterocycles. The topological polar surface area (TPSA) is 91.2 Å². The predicted molar refractivity (Wildman–Crippen MR) is 141 cm³/mol. The number of aliphatic imine (C=N–C) groups is 2. The minimum absolute atomic E-state index is 0.0422. The van der Waals surface area contributed by atoms with Gasteiger partial charge >= 0.3 is 12.4 Å². The van der Waals surface area contributed by atoms with E-state index in [9.17, 15) is 35.5 Å². The summed E-state index contributed by atoms with van der Waals surface area (Å²) in [5.74, 6) is -1.24. The number of hydrogen-bond acceptors (Lipinski definition) is 8. The lowest BCUT2D eigenvalue weighted by Gasteiger charge is -2.32. The van der Waals surface area contributed by atoms with Crippen LogP contribution < -0.4 is 15.4 Å². The second-order valence-electron chi connectivity index (χ2n) is 9.72. The van der Waals surface area contributed by atoms with Gasteiger partial charge in [0, 0.05) is 18.3 Å². The Morgan fingerprint density at radius 1 is 1.17 bits per heavy atom. The molecule has 2 N–H and O–H groups in total. The molecule has 1 amide bonds. The lowest BCUT2D eigenvalue weighted by Crippen LogP contribution is -2.37. The number of aromatic nitrogens is 1. The molecule has 1 unspecified atom stereocenters. The summed E-state index contributed by atoms with van der Waals surface area (Å²) in [6, 6.07) is 1.87. The number of hydrogen-bond donors (Lipinski definition) is 2. The normalized spacial score (nSPS) is 18.7. The Morgan fingerprint density at radius 3 is 2.54 bits per heavy atom. The number of piperidine rings is 1. The lowest BCUT2D eigenvalue weighted by atomic mass is 9.97. The highest BCUT2D eigenvalue weighted by Crippen LogP contribution is 2.30. The molecule has 2 aliphatic heterocycles. The Labute approximate surface area is 234 Å². The molecular formula is C25H27F7N6O2S. The van der Waals surface area contributed by atoms with Gasteiger partial charge in [0.1, 0.15) is 10.8 Å². The number of amidine groups is 1. The van der Waals surface area contributed by atoms with Gasteiger partial charge in [-0.05, 0) is 62.4 Å². The van der Waals surface area contributed by atoms with E-state index < -0.39 is 43.1 Å². The number of amides is 1. The number of likely N-dealkylation sites (tertiary alicyclic amines) is 1. The van der Waals surface area contributed by atoms with E-state index in [1.54, 1.807) is 11.8 Å². The molecule has 0 saturated carbocycles. The van der Waals surface area contributed by atoms with Gasteiger partial charge in [-0.1, -0.05) is 0 Å². The first kappa shape index (κ1) is 30.7. The third-order valence-corrected chi connectivity index (χ3v) is 7.46. The van der Waals surface area contributed by atoms with Crippen molar-refractivity contribution in [3.63, 3.8) is 0 Å². The van der Waals surface area contributed by atoms with Crippen LogP contribution in [-0.2, 0) is 0 Å². The van der Waals surface area contributed by atoms with Crippen molar-refractivity contribution in [1.82, 2.24) is 9.27 Å². The molecule has 1 aromatic carbocycles. The molecule has 1 atom stereocenters. The van der Waals surface area contributed by atoms with Crippen LogP contribution in [0.3, 0.4) is 0 Å². The first-order chi connectivity index (χ1) is 19.3. The molecule has 1 fully saturated rings. The Kier molecular flexibility index (Phi) is 9.51. The number of benzene rings is 1. The van der Waals surface area contributed by atoms with E-state index in [0.29, 0.717) is 31.6 Å². The summed E-state index contributed by atoms with van der Waals surface area (Å²) < 4.78 is 100. The first-order valence-corrected chi connectivity index (χ1v) is 13.5. The van der Waals surface area contributed by atoms with Crippen LogP contribution in [0.25, 0.3) is 0 Å². The summed E-state index contributed by atoms with van der Waals surface area (Å²) in [6.07, 6.45) is -7.38. The molecule has 41 heavy (non-hydrogen) atoms. The zero-order valence-corrected chi connectivity index (χ0v) is 22.6. The van der Waals surface area contributed by atoms with Crippen LogP contribution in [0, 0.1) is 18.7 Å². The lowest BCUT2D eigenvalue weighted by molar-refractivity contribution is -0.144. The van der Waals surface area contributed by atoms with Crippen molar-refractivity contribution in [3.05, 3.63) is 35.3 Å². The number of rotatable bonds is 8. The van der Waals surface area contributed by atoms with E-state index in [2.05, 4.69) is 25.0 Å². The number of nitrogens with zero attached hydrogens (tertiary/aromatic N) is 4. The van der Waals surface area contributed by atoms with Crippen molar-refractivity contribution in [1.29, 1.82) is 0 Å². The van der Waals surface area contributed by atoms with Crippen LogP contribution in [0.1, 0.15) is 35.3 Å². The van der Waals surface area contributed by atoms with Crippen LogP contribution in [-0.4, -0.2) is 78.4 Å². The van der Waals surface area contributed by atoms with Gasteiger partial charge in [-0.3, -0.25) is 14.8 Å². The monoisotopic (exact) mass is 608 g/mol. The summed E-state index contributed by atoms with van der Waals surface area (Å²) in [6.45, 7) is 2.10. The second kappa shape index (κ2) is 12.7. The molecule has 1 saturated heterocycles. The highest BCUT2D eigenvalue weighted by Gasteiger charge is 2.40. The molecule has 224 valence electrons. The van der Waals surface area contributed by atoms with Gasteiger partial charge in [0.15, 0.2) is 17.6 Å². The van der Waals surface area contributed by atoms with E-state index in [-0.39, 0.29) is 46.9 Å². The van der Waals surface area contributed by atoms with Gasteiger partial charge in [-0.2, -0.15) is 30.7 Å². The Morgan fingerprint density at radius 2 is 1.90 bits per heavy atom. The summed E-state index contributed by atoms with van der Waals surface area (Å²) in [5, 5.41) is 5.68. The molecule has 4 rings (SSSR count). The van der Waals surface area contributed by atoms with E-state index in [1.165, 1.54) is 12.1 Å². The molecule has 1 aromatic heterocycles. The number of carbonyl (C=O) groups excluding carboxylic acids is 1. The molecule has 0 radical (unpaired) electrons. The van der Waals surface area contributed by atoms with Crippen molar-refractivity contribution in [2.75, 3.05) is 43.4 Å². The molecule has 2 aliphatic rings. The van der Waals surface area contributed by atoms with Crippen LogP contribution in [0.5, 0.6) is 5.75 Å². The van der Waals surface area contributed by atoms with E-state index in [4.69, 9.17) is 4.74 Å². The Balaban J connectivity index is 1.33. The van der Waals surface area contributed by atoms with Crippen molar-refractivity contribution >= 4 is 40.2 Å². The molecule has 0 bridgehead atoms. The van der Waals surface area contributed by atoms with Crippen LogP contribution >= 0.6 is 11.5 Å². The summed E-state index contributed by atoms with van der Waals surface area (Å²) in [4.78, 5) is 22.1. The van der Waals surface area contributed by atoms with Crippen LogP contribution in [0.15, 0.2) is 28.2 Å². The van der Waals surface area contributed by atoms with Gasteiger partial charge in [0.05, 0.1) is 37.0 Å². The third kappa shape index (κ3) is 8.61. The van der Waals surface area contributed by atoms with Gasteiger partial charge < -0.3 is 20.3 Å². The molecule has 2 aromatic rings. The number of nitrogens with one attached hydrogen (secondary N) is 2. The van der Waals surface area contributed by atoms with E-state index >= 15 is 0 Å².